The Hall–Kier alpha value is -1.40. The Morgan fingerprint density at radius 2 is 1.78 bits per heavy atom. The molecule has 0 N–H and O–H groups in total. The molecule has 0 spiro atoms. The predicted molar refractivity (Wildman–Crippen MR) is 91.9 cm³/mol. The maximum Gasteiger partial charge on any atom is 0.227 e. The average Bonchev–Trinajstić information content (AvgIpc) is 2.51. The Morgan fingerprint density at radius 1 is 1.13 bits per heavy atom. The number of aryl methyl sites for hydroxylation is 2. The van der Waals surface area contributed by atoms with Crippen LogP contribution in [0, 0.1) is 13.8 Å². The van der Waals surface area contributed by atoms with E-state index in [4.69, 9.17) is 0 Å². The third-order valence-corrected chi connectivity index (χ3v) is 6.37. The van der Waals surface area contributed by atoms with Gasteiger partial charge in [-0.15, -0.1) is 0 Å². The summed E-state index contributed by atoms with van der Waals surface area (Å²) in [6, 6.07) is 6.13. The first kappa shape index (κ1) is 17.9. The van der Waals surface area contributed by atoms with Gasteiger partial charge in [0, 0.05) is 26.2 Å². The van der Waals surface area contributed by atoms with E-state index in [2.05, 4.69) is 6.07 Å². The number of nitrogens with zero attached hydrogens (tertiary/aromatic N) is 2. The molecule has 0 atom stereocenters. The van der Waals surface area contributed by atoms with E-state index < -0.39 is 10.0 Å². The largest absolute Gasteiger partial charge is 0.340 e. The molecule has 1 amide bonds. The molecule has 0 unspecified atom stereocenters. The monoisotopic (exact) mass is 338 g/mol. The number of benzene rings is 1. The number of amides is 1. The Labute approximate surface area is 139 Å². The van der Waals surface area contributed by atoms with E-state index in [1.165, 1.54) is 4.31 Å². The number of sulfonamides is 1. The third kappa shape index (κ3) is 4.54. The molecule has 1 aromatic carbocycles. The predicted octanol–water partition coefficient (Wildman–Crippen LogP) is 1.73. The zero-order chi connectivity index (χ0) is 17.0. The van der Waals surface area contributed by atoms with E-state index in [-0.39, 0.29) is 11.7 Å². The van der Waals surface area contributed by atoms with E-state index in [1.54, 1.807) is 4.90 Å². The highest BCUT2D eigenvalue weighted by molar-refractivity contribution is 7.89. The lowest BCUT2D eigenvalue weighted by Gasteiger charge is -2.34. The van der Waals surface area contributed by atoms with E-state index in [9.17, 15) is 13.2 Å². The first-order chi connectivity index (χ1) is 10.8. The molecule has 1 heterocycles. The molecule has 6 heteroatoms. The van der Waals surface area contributed by atoms with Gasteiger partial charge in [-0.25, -0.2) is 8.42 Å². The summed E-state index contributed by atoms with van der Waals surface area (Å²) in [7, 11) is -3.16. The van der Waals surface area contributed by atoms with Crippen molar-refractivity contribution in [3.63, 3.8) is 0 Å². The fraction of sp³-hybridized carbons (Fsp3) is 0.588. The Kier molecular flexibility index (Phi) is 5.81. The zero-order valence-corrected chi connectivity index (χ0v) is 15.0. The SMILES string of the molecule is CCCS(=O)(=O)N1CCN(C(=O)Cc2cc(C)ccc2C)CC1. The molecule has 0 bridgehead atoms. The van der Waals surface area contributed by atoms with Crippen LogP contribution in [0.5, 0.6) is 0 Å². The van der Waals surface area contributed by atoms with Crippen molar-refractivity contribution in [3.8, 4) is 0 Å². The molecule has 1 aliphatic heterocycles. The molecule has 0 radical (unpaired) electrons. The molecule has 23 heavy (non-hydrogen) atoms. The van der Waals surface area contributed by atoms with Crippen molar-refractivity contribution in [3.05, 3.63) is 34.9 Å². The van der Waals surface area contributed by atoms with Gasteiger partial charge in [0.15, 0.2) is 0 Å². The molecule has 1 saturated heterocycles. The molecule has 5 nitrogen and oxygen atoms in total. The standard InChI is InChI=1S/C17H26N2O3S/c1-4-11-23(21,22)19-9-7-18(8-10-19)17(20)13-16-12-14(2)5-6-15(16)3/h5-6,12H,4,7-11,13H2,1-3H3. The van der Waals surface area contributed by atoms with E-state index in [0.717, 1.165) is 16.7 Å². The van der Waals surface area contributed by atoms with Crippen LogP contribution in [0.25, 0.3) is 0 Å². The Balaban J connectivity index is 1.95. The topological polar surface area (TPSA) is 57.7 Å². The van der Waals surface area contributed by atoms with Crippen LogP contribution in [0.4, 0.5) is 0 Å². The van der Waals surface area contributed by atoms with Crippen molar-refractivity contribution in [2.45, 2.75) is 33.6 Å². The average molecular weight is 338 g/mol. The van der Waals surface area contributed by atoms with Crippen LogP contribution in [0.1, 0.15) is 30.0 Å². The lowest BCUT2D eigenvalue weighted by Crippen LogP contribution is -2.51. The second kappa shape index (κ2) is 7.45. The highest BCUT2D eigenvalue weighted by Crippen LogP contribution is 2.14. The normalized spacial score (nSPS) is 16.6. The highest BCUT2D eigenvalue weighted by Gasteiger charge is 2.28. The van der Waals surface area contributed by atoms with Gasteiger partial charge in [-0.05, 0) is 31.4 Å². The second-order valence-corrected chi connectivity index (χ2v) is 8.29. The van der Waals surface area contributed by atoms with Gasteiger partial charge >= 0.3 is 0 Å². The van der Waals surface area contributed by atoms with Crippen molar-refractivity contribution >= 4 is 15.9 Å². The maximum absolute atomic E-state index is 12.5. The van der Waals surface area contributed by atoms with Crippen LogP contribution in [0.15, 0.2) is 18.2 Å². The van der Waals surface area contributed by atoms with E-state index in [0.29, 0.717) is 39.0 Å². The number of hydrogen-bond donors (Lipinski definition) is 0. The molecule has 0 saturated carbocycles. The summed E-state index contributed by atoms with van der Waals surface area (Å²) in [5.74, 6) is 0.259. The number of piperazine rings is 1. The summed E-state index contributed by atoms with van der Waals surface area (Å²) in [5.41, 5.74) is 3.32. The summed E-state index contributed by atoms with van der Waals surface area (Å²) in [4.78, 5) is 14.2. The smallest absolute Gasteiger partial charge is 0.227 e. The first-order valence-electron chi connectivity index (χ1n) is 8.15. The van der Waals surface area contributed by atoms with Crippen molar-refractivity contribution in [1.29, 1.82) is 0 Å². The first-order valence-corrected chi connectivity index (χ1v) is 9.76. The van der Waals surface area contributed by atoms with Gasteiger partial charge in [0.1, 0.15) is 0 Å². The lowest BCUT2D eigenvalue weighted by molar-refractivity contribution is -0.131. The van der Waals surface area contributed by atoms with E-state index >= 15 is 0 Å². The van der Waals surface area contributed by atoms with Crippen molar-refractivity contribution in [2.24, 2.45) is 0 Å². The molecule has 128 valence electrons. The van der Waals surface area contributed by atoms with Crippen LogP contribution in [-0.2, 0) is 21.2 Å². The fourth-order valence-corrected chi connectivity index (χ4v) is 4.36. The quantitative estimate of drug-likeness (QED) is 0.821. The lowest BCUT2D eigenvalue weighted by atomic mass is 10.0. The van der Waals surface area contributed by atoms with Gasteiger partial charge in [0.25, 0.3) is 0 Å². The minimum Gasteiger partial charge on any atom is -0.340 e. The summed E-state index contributed by atoms with van der Waals surface area (Å²) in [6.07, 6.45) is 1.00. The summed E-state index contributed by atoms with van der Waals surface area (Å²) in [5, 5.41) is 0. The number of carbonyl (C=O) groups is 1. The molecular weight excluding hydrogens is 312 g/mol. The van der Waals surface area contributed by atoms with E-state index in [1.807, 2.05) is 32.9 Å². The van der Waals surface area contributed by atoms with Gasteiger partial charge < -0.3 is 4.90 Å². The number of carbonyl (C=O) groups excluding carboxylic acids is 1. The van der Waals surface area contributed by atoms with Crippen LogP contribution >= 0.6 is 0 Å². The zero-order valence-electron chi connectivity index (χ0n) is 14.2. The Bertz CT molecular complexity index is 662. The minimum atomic E-state index is -3.16. The number of rotatable bonds is 5. The van der Waals surface area contributed by atoms with Gasteiger partial charge in [-0.1, -0.05) is 30.7 Å². The van der Waals surface area contributed by atoms with Crippen LogP contribution < -0.4 is 0 Å². The van der Waals surface area contributed by atoms with Gasteiger partial charge in [-0.3, -0.25) is 4.79 Å². The molecular formula is C17H26N2O3S. The fourth-order valence-electron chi connectivity index (χ4n) is 2.87. The highest BCUT2D eigenvalue weighted by atomic mass is 32.2. The molecule has 1 aliphatic rings. The molecule has 1 aromatic rings. The molecule has 0 aliphatic carbocycles. The van der Waals surface area contributed by atoms with Crippen molar-refractivity contribution < 1.29 is 13.2 Å². The van der Waals surface area contributed by atoms with Crippen LogP contribution in [0.3, 0.4) is 0 Å². The molecule has 1 fully saturated rings. The third-order valence-electron chi connectivity index (χ3n) is 4.29. The van der Waals surface area contributed by atoms with Crippen molar-refractivity contribution in [1.82, 2.24) is 9.21 Å². The number of hydrogen-bond acceptors (Lipinski definition) is 3. The van der Waals surface area contributed by atoms with Gasteiger partial charge in [-0.2, -0.15) is 4.31 Å². The molecule has 2 rings (SSSR count). The second-order valence-electron chi connectivity index (χ2n) is 6.20. The summed E-state index contributed by atoms with van der Waals surface area (Å²) in [6.45, 7) is 7.66. The van der Waals surface area contributed by atoms with Crippen LogP contribution in [-0.4, -0.2) is 55.5 Å². The van der Waals surface area contributed by atoms with Gasteiger partial charge in [0.05, 0.1) is 12.2 Å². The minimum absolute atomic E-state index is 0.0752. The van der Waals surface area contributed by atoms with Crippen molar-refractivity contribution in [2.75, 3.05) is 31.9 Å². The maximum atomic E-state index is 12.5. The Morgan fingerprint density at radius 3 is 2.39 bits per heavy atom. The summed E-state index contributed by atoms with van der Waals surface area (Å²) < 4.78 is 25.6. The van der Waals surface area contributed by atoms with Crippen LogP contribution in [0.2, 0.25) is 0 Å². The van der Waals surface area contributed by atoms with Gasteiger partial charge in [0.2, 0.25) is 15.9 Å². The molecule has 0 aromatic heterocycles. The summed E-state index contributed by atoms with van der Waals surface area (Å²) >= 11 is 0.